The third-order valence-corrected chi connectivity index (χ3v) is 5.37. The van der Waals surface area contributed by atoms with E-state index in [-0.39, 0.29) is 11.9 Å². The smallest absolute Gasteiger partial charge is 0.251 e. The molecule has 4 nitrogen and oxygen atoms in total. The number of rotatable bonds is 3. The molecule has 0 aliphatic heterocycles. The Kier molecular flexibility index (Phi) is 4.25. The molecule has 1 aliphatic rings. The van der Waals surface area contributed by atoms with E-state index >= 15 is 0 Å². The van der Waals surface area contributed by atoms with E-state index in [9.17, 15) is 4.79 Å². The Morgan fingerprint density at radius 3 is 2.80 bits per heavy atom. The first-order valence-corrected chi connectivity index (χ1v) is 9.17. The summed E-state index contributed by atoms with van der Waals surface area (Å²) >= 11 is 3.40. The molecule has 0 saturated heterocycles. The predicted molar refractivity (Wildman–Crippen MR) is 102 cm³/mol. The van der Waals surface area contributed by atoms with Gasteiger partial charge in [-0.2, -0.15) is 0 Å². The maximum Gasteiger partial charge on any atom is 0.251 e. The van der Waals surface area contributed by atoms with Gasteiger partial charge in [-0.25, -0.2) is 0 Å². The van der Waals surface area contributed by atoms with E-state index in [0.717, 1.165) is 35.0 Å². The number of methoxy groups -OCH3 is 1. The van der Waals surface area contributed by atoms with Crippen LogP contribution in [0.3, 0.4) is 0 Å². The second-order valence-corrected chi connectivity index (χ2v) is 7.33. The number of aromatic amines is 1. The molecule has 3 aromatic rings. The van der Waals surface area contributed by atoms with Crippen molar-refractivity contribution in [2.45, 2.75) is 25.3 Å². The third-order valence-electron chi connectivity index (χ3n) is 4.84. The zero-order valence-corrected chi connectivity index (χ0v) is 15.5. The highest BCUT2D eigenvalue weighted by atomic mass is 79.9. The van der Waals surface area contributed by atoms with Crippen molar-refractivity contribution in [2.24, 2.45) is 0 Å². The summed E-state index contributed by atoms with van der Waals surface area (Å²) in [4.78, 5) is 16.0. The van der Waals surface area contributed by atoms with Gasteiger partial charge in [-0.3, -0.25) is 4.79 Å². The van der Waals surface area contributed by atoms with Gasteiger partial charge in [0.2, 0.25) is 0 Å². The lowest BCUT2D eigenvalue weighted by atomic mass is 9.91. The fourth-order valence-electron chi connectivity index (χ4n) is 3.52. The van der Waals surface area contributed by atoms with Gasteiger partial charge in [0.05, 0.1) is 7.11 Å². The van der Waals surface area contributed by atoms with E-state index in [1.54, 1.807) is 7.11 Å². The number of hydrogen-bond acceptors (Lipinski definition) is 2. The van der Waals surface area contributed by atoms with Crippen molar-refractivity contribution in [1.29, 1.82) is 0 Å². The van der Waals surface area contributed by atoms with E-state index in [1.165, 1.54) is 16.6 Å². The van der Waals surface area contributed by atoms with Crippen LogP contribution in [0, 0.1) is 0 Å². The second-order valence-electron chi connectivity index (χ2n) is 6.41. The van der Waals surface area contributed by atoms with Gasteiger partial charge in [0, 0.05) is 32.7 Å². The van der Waals surface area contributed by atoms with Crippen LogP contribution in [0.25, 0.3) is 10.9 Å². The standard InChI is InChI=1S/C20H19BrN2O2/c1-25-15-7-9-19-17(11-15)16-10-14(6-8-18(16)23-19)22-20(24)12-2-4-13(21)5-3-12/h2-5,7,9,11,14,23H,6,8,10H2,1H3,(H,22,24). The van der Waals surface area contributed by atoms with E-state index < -0.39 is 0 Å². The number of carbonyl (C=O) groups excluding carboxylic acids is 1. The highest BCUT2D eigenvalue weighted by molar-refractivity contribution is 9.10. The van der Waals surface area contributed by atoms with Crippen LogP contribution in [0.5, 0.6) is 5.75 Å². The van der Waals surface area contributed by atoms with Crippen molar-refractivity contribution in [3.63, 3.8) is 0 Å². The molecule has 2 aromatic carbocycles. The monoisotopic (exact) mass is 398 g/mol. The van der Waals surface area contributed by atoms with Gasteiger partial charge in [0.1, 0.15) is 5.75 Å². The number of H-pyrrole nitrogens is 1. The Bertz CT molecular complexity index is 931. The van der Waals surface area contributed by atoms with Crippen LogP contribution in [0.2, 0.25) is 0 Å². The maximum absolute atomic E-state index is 12.5. The van der Waals surface area contributed by atoms with Gasteiger partial charge in [-0.15, -0.1) is 0 Å². The summed E-state index contributed by atoms with van der Waals surface area (Å²) in [6, 6.07) is 13.7. The third kappa shape index (κ3) is 3.16. The average molecular weight is 399 g/mol. The number of amides is 1. The SMILES string of the molecule is COc1ccc2[nH]c3c(c2c1)CC(NC(=O)c1ccc(Br)cc1)CC3. The fourth-order valence-corrected chi connectivity index (χ4v) is 3.78. The lowest BCUT2D eigenvalue weighted by molar-refractivity contribution is 0.0933. The van der Waals surface area contributed by atoms with Crippen LogP contribution < -0.4 is 10.1 Å². The molecule has 1 atom stereocenters. The zero-order chi connectivity index (χ0) is 17.4. The fraction of sp³-hybridized carbons (Fsp3) is 0.250. The predicted octanol–water partition coefficient (Wildman–Crippen LogP) is 4.23. The lowest BCUT2D eigenvalue weighted by Crippen LogP contribution is -2.38. The van der Waals surface area contributed by atoms with Crippen LogP contribution in [0.4, 0.5) is 0 Å². The molecule has 128 valence electrons. The number of aromatic nitrogens is 1. The molecular formula is C20H19BrN2O2. The number of aryl methyl sites for hydroxylation is 1. The van der Waals surface area contributed by atoms with Gasteiger partial charge >= 0.3 is 0 Å². The number of benzene rings is 2. The van der Waals surface area contributed by atoms with Gasteiger partial charge in [0.15, 0.2) is 0 Å². The summed E-state index contributed by atoms with van der Waals surface area (Å²) in [5.74, 6) is 0.841. The van der Waals surface area contributed by atoms with E-state index in [0.29, 0.717) is 5.56 Å². The molecule has 0 radical (unpaired) electrons. The highest BCUT2D eigenvalue weighted by Gasteiger charge is 2.24. The molecule has 1 amide bonds. The van der Waals surface area contributed by atoms with Crippen molar-refractivity contribution in [3.05, 3.63) is 63.8 Å². The number of nitrogens with one attached hydrogen (secondary N) is 2. The topological polar surface area (TPSA) is 54.1 Å². The molecular weight excluding hydrogens is 380 g/mol. The summed E-state index contributed by atoms with van der Waals surface area (Å²) in [6.07, 6.45) is 2.72. The first-order valence-electron chi connectivity index (χ1n) is 8.38. The van der Waals surface area contributed by atoms with E-state index in [2.05, 4.69) is 38.4 Å². The number of carbonyl (C=O) groups is 1. The Morgan fingerprint density at radius 2 is 2.04 bits per heavy atom. The summed E-state index contributed by atoms with van der Waals surface area (Å²) in [5, 5.41) is 4.37. The largest absolute Gasteiger partial charge is 0.497 e. The molecule has 1 aliphatic carbocycles. The molecule has 4 rings (SSSR count). The zero-order valence-electron chi connectivity index (χ0n) is 13.9. The van der Waals surface area contributed by atoms with Gasteiger partial charge in [-0.1, -0.05) is 15.9 Å². The van der Waals surface area contributed by atoms with Gasteiger partial charge in [0.25, 0.3) is 5.91 Å². The van der Waals surface area contributed by atoms with Crippen molar-refractivity contribution in [3.8, 4) is 5.75 Å². The highest BCUT2D eigenvalue weighted by Crippen LogP contribution is 2.31. The van der Waals surface area contributed by atoms with Crippen LogP contribution in [-0.2, 0) is 12.8 Å². The summed E-state index contributed by atoms with van der Waals surface area (Å²) in [7, 11) is 1.68. The molecule has 5 heteroatoms. The van der Waals surface area contributed by atoms with E-state index in [1.807, 2.05) is 30.3 Å². The Labute approximate surface area is 154 Å². The Hall–Kier alpha value is -2.27. The molecule has 2 N–H and O–H groups in total. The van der Waals surface area contributed by atoms with Gasteiger partial charge < -0.3 is 15.0 Å². The minimum atomic E-state index is -0.0154. The second kappa shape index (κ2) is 6.56. The number of hydrogen-bond donors (Lipinski definition) is 2. The number of fused-ring (bicyclic) bond motifs is 3. The minimum Gasteiger partial charge on any atom is -0.497 e. The number of ether oxygens (including phenoxy) is 1. The van der Waals surface area contributed by atoms with Crippen LogP contribution in [0.15, 0.2) is 46.9 Å². The van der Waals surface area contributed by atoms with Crippen molar-refractivity contribution in [1.82, 2.24) is 10.3 Å². The van der Waals surface area contributed by atoms with Crippen LogP contribution in [0.1, 0.15) is 28.0 Å². The molecule has 1 heterocycles. The van der Waals surface area contributed by atoms with Crippen molar-refractivity contribution >= 4 is 32.7 Å². The molecule has 0 saturated carbocycles. The summed E-state index contributed by atoms with van der Waals surface area (Å²) in [5.41, 5.74) is 4.39. The van der Waals surface area contributed by atoms with Gasteiger partial charge in [-0.05, 0) is 67.3 Å². The van der Waals surface area contributed by atoms with Crippen LogP contribution in [-0.4, -0.2) is 24.0 Å². The first-order chi connectivity index (χ1) is 12.1. The summed E-state index contributed by atoms with van der Waals surface area (Å²) in [6.45, 7) is 0. The molecule has 1 unspecified atom stereocenters. The maximum atomic E-state index is 12.5. The Balaban J connectivity index is 1.55. The molecule has 1 aromatic heterocycles. The lowest BCUT2D eigenvalue weighted by Gasteiger charge is -2.23. The molecule has 0 spiro atoms. The van der Waals surface area contributed by atoms with Crippen LogP contribution >= 0.6 is 15.9 Å². The van der Waals surface area contributed by atoms with Crippen molar-refractivity contribution in [2.75, 3.05) is 7.11 Å². The summed E-state index contributed by atoms with van der Waals surface area (Å²) < 4.78 is 6.33. The quantitative estimate of drug-likeness (QED) is 0.693. The first kappa shape index (κ1) is 16.2. The molecule has 0 fully saturated rings. The minimum absolute atomic E-state index is 0.0154. The van der Waals surface area contributed by atoms with Crippen molar-refractivity contribution < 1.29 is 9.53 Å². The molecule has 0 bridgehead atoms. The Morgan fingerprint density at radius 1 is 1.24 bits per heavy atom. The van der Waals surface area contributed by atoms with E-state index in [4.69, 9.17) is 4.74 Å². The molecule has 25 heavy (non-hydrogen) atoms. The average Bonchev–Trinajstić information content (AvgIpc) is 2.99. The number of halogens is 1. The normalized spacial score (nSPS) is 16.5.